The molecule has 1 aromatic rings. The van der Waals surface area contributed by atoms with E-state index in [1.165, 1.54) is 39.4 Å². The fourth-order valence-electron chi connectivity index (χ4n) is 1.97. The molecule has 0 bridgehead atoms. The molecule has 7 nitrogen and oxygen atoms in total. The number of nitrogens with zero attached hydrogens (tertiary/aromatic N) is 1. The molecule has 0 aromatic heterocycles. The van der Waals surface area contributed by atoms with Crippen molar-refractivity contribution in [2.24, 2.45) is 0 Å². The lowest BCUT2D eigenvalue weighted by atomic mass is 10.1. The van der Waals surface area contributed by atoms with Gasteiger partial charge in [0.2, 0.25) is 11.7 Å². The van der Waals surface area contributed by atoms with E-state index in [9.17, 15) is 9.59 Å². The Kier molecular flexibility index (Phi) is 7.61. The molecule has 0 spiro atoms. The highest BCUT2D eigenvalue weighted by Gasteiger charge is 2.13. The number of esters is 1. The second kappa shape index (κ2) is 9.44. The van der Waals surface area contributed by atoms with Crippen molar-refractivity contribution in [2.75, 3.05) is 41.5 Å². The van der Waals surface area contributed by atoms with E-state index in [1.54, 1.807) is 25.1 Å². The first kappa shape index (κ1) is 19.3. The van der Waals surface area contributed by atoms with Crippen molar-refractivity contribution >= 4 is 18.0 Å². The Morgan fingerprint density at radius 2 is 1.67 bits per heavy atom. The number of likely N-dealkylation sites (N-methyl/N-ethyl adjacent to an activating group) is 1. The Bertz CT molecular complexity index is 586. The average molecular weight is 337 g/mol. The highest BCUT2D eigenvalue weighted by molar-refractivity contribution is 5.93. The summed E-state index contributed by atoms with van der Waals surface area (Å²) >= 11 is 0. The van der Waals surface area contributed by atoms with Gasteiger partial charge in [-0.25, -0.2) is 0 Å². The number of carbonyl (C=O) groups excluding carboxylic acids is 2. The van der Waals surface area contributed by atoms with Gasteiger partial charge in [0.15, 0.2) is 11.5 Å². The number of methoxy groups -OCH3 is 3. The first-order valence-electron chi connectivity index (χ1n) is 7.35. The van der Waals surface area contributed by atoms with Crippen molar-refractivity contribution in [1.29, 1.82) is 0 Å². The van der Waals surface area contributed by atoms with E-state index in [1.807, 2.05) is 0 Å². The lowest BCUT2D eigenvalue weighted by molar-refractivity contribution is -0.146. The molecule has 0 aliphatic rings. The van der Waals surface area contributed by atoms with Crippen molar-refractivity contribution in [3.05, 3.63) is 23.8 Å². The zero-order chi connectivity index (χ0) is 18.1. The van der Waals surface area contributed by atoms with Crippen LogP contribution in [0.1, 0.15) is 12.5 Å². The van der Waals surface area contributed by atoms with E-state index in [4.69, 9.17) is 18.9 Å². The van der Waals surface area contributed by atoms with Crippen molar-refractivity contribution in [3.8, 4) is 17.2 Å². The third-order valence-corrected chi connectivity index (χ3v) is 3.15. The second-order valence-corrected chi connectivity index (χ2v) is 4.79. The van der Waals surface area contributed by atoms with Gasteiger partial charge in [-0.15, -0.1) is 0 Å². The smallest absolute Gasteiger partial charge is 0.325 e. The number of benzene rings is 1. The van der Waals surface area contributed by atoms with Gasteiger partial charge in [0, 0.05) is 13.1 Å². The van der Waals surface area contributed by atoms with E-state index in [-0.39, 0.29) is 19.1 Å². The molecule has 1 aromatic carbocycles. The zero-order valence-corrected chi connectivity index (χ0v) is 14.6. The first-order valence-corrected chi connectivity index (χ1v) is 7.35. The molecule has 0 fully saturated rings. The van der Waals surface area contributed by atoms with Crippen LogP contribution in [0.3, 0.4) is 0 Å². The molecule has 0 atom stereocenters. The van der Waals surface area contributed by atoms with Crippen molar-refractivity contribution < 1.29 is 28.5 Å². The summed E-state index contributed by atoms with van der Waals surface area (Å²) in [5, 5.41) is 0. The van der Waals surface area contributed by atoms with Crippen molar-refractivity contribution in [3.63, 3.8) is 0 Å². The molecule has 0 aliphatic carbocycles. The molecule has 1 rings (SSSR count). The van der Waals surface area contributed by atoms with E-state index in [2.05, 4.69) is 0 Å². The zero-order valence-electron chi connectivity index (χ0n) is 14.6. The number of hydrogen-bond donors (Lipinski definition) is 0. The standard InChI is InChI=1S/C17H23NO6/c1-6-24-16(20)11-18(2)15(19)8-7-12-9-13(21-3)17(23-5)14(10-12)22-4/h7-10H,6,11H2,1-5H3/b8-7+. The maximum Gasteiger partial charge on any atom is 0.325 e. The molecule has 0 unspecified atom stereocenters. The molecule has 0 N–H and O–H groups in total. The number of carbonyl (C=O) groups is 2. The summed E-state index contributed by atoms with van der Waals surface area (Å²) in [7, 11) is 6.08. The van der Waals surface area contributed by atoms with Crippen LogP contribution in [0.25, 0.3) is 6.08 Å². The number of rotatable bonds is 8. The second-order valence-electron chi connectivity index (χ2n) is 4.79. The molecule has 7 heteroatoms. The van der Waals surface area contributed by atoms with Crippen LogP contribution >= 0.6 is 0 Å². The number of ether oxygens (including phenoxy) is 4. The van der Waals surface area contributed by atoms with Crippen LogP contribution < -0.4 is 14.2 Å². The van der Waals surface area contributed by atoms with Gasteiger partial charge in [-0.2, -0.15) is 0 Å². The van der Waals surface area contributed by atoms with Gasteiger partial charge in [-0.3, -0.25) is 9.59 Å². The van der Waals surface area contributed by atoms with Crippen LogP contribution in [0, 0.1) is 0 Å². The maximum atomic E-state index is 12.0. The van der Waals surface area contributed by atoms with Crippen molar-refractivity contribution in [2.45, 2.75) is 6.92 Å². The molecule has 1 amide bonds. The van der Waals surface area contributed by atoms with Crippen LogP contribution in [-0.2, 0) is 14.3 Å². The van der Waals surface area contributed by atoms with Gasteiger partial charge in [0.25, 0.3) is 0 Å². The molecular weight excluding hydrogens is 314 g/mol. The van der Waals surface area contributed by atoms with Gasteiger partial charge in [-0.05, 0) is 30.7 Å². The SMILES string of the molecule is CCOC(=O)CN(C)C(=O)/C=C/c1cc(OC)c(OC)c(OC)c1. The Morgan fingerprint density at radius 1 is 1.08 bits per heavy atom. The number of hydrogen-bond acceptors (Lipinski definition) is 6. The Hall–Kier alpha value is -2.70. The third kappa shape index (κ3) is 5.19. The van der Waals surface area contributed by atoms with Crippen LogP contribution in [0.5, 0.6) is 17.2 Å². The maximum absolute atomic E-state index is 12.0. The van der Waals surface area contributed by atoms with E-state index in [0.29, 0.717) is 22.8 Å². The quantitative estimate of drug-likeness (QED) is 0.531. The fraction of sp³-hybridized carbons (Fsp3) is 0.412. The summed E-state index contributed by atoms with van der Waals surface area (Å²) in [5.74, 6) is 0.682. The van der Waals surface area contributed by atoms with E-state index < -0.39 is 5.97 Å². The highest BCUT2D eigenvalue weighted by Crippen LogP contribution is 2.38. The van der Waals surface area contributed by atoms with E-state index in [0.717, 1.165) is 0 Å². The Balaban J connectivity index is 2.89. The van der Waals surface area contributed by atoms with Gasteiger partial charge in [0.05, 0.1) is 27.9 Å². The summed E-state index contributed by atoms with van der Waals surface area (Å²) < 4.78 is 20.6. The lowest BCUT2D eigenvalue weighted by Gasteiger charge is -2.14. The fourth-order valence-corrected chi connectivity index (χ4v) is 1.97. The highest BCUT2D eigenvalue weighted by atomic mass is 16.5. The third-order valence-electron chi connectivity index (χ3n) is 3.15. The summed E-state index contributed by atoms with van der Waals surface area (Å²) in [6.45, 7) is 1.89. The largest absolute Gasteiger partial charge is 0.493 e. The molecule has 0 aliphatic heterocycles. The predicted molar refractivity (Wildman–Crippen MR) is 89.4 cm³/mol. The minimum absolute atomic E-state index is 0.105. The van der Waals surface area contributed by atoms with Crippen LogP contribution in [0.4, 0.5) is 0 Å². The summed E-state index contributed by atoms with van der Waals surface area (Å²) in [5.41, 5.74) is 0.697. The molecule has 0 saturated heterocycles. The number of amides is 1. The van der Waals surface area contributed by atoms with Crippen LogP contribution in [0.15, 0.2) is 18.2 Å². The summed E-state index contributed by atoms with van der Waals surface area (Å²) in [6.07, 6.45) is 2.97. The minimum Gasteiger partial charge on any atom is -0.493 e. The van der Waals surface area contributed by atoms with Crippen LogP contribution in [0.2, 0.25) is 0 Å². The molecule has 0 radical (unpaired) electrons. The van der Waals surface area contributed by atoms with Gasteiger partial charge in [0.1, 0.15) is 6.54 Å². The van der Waals surface area contributed by atoms with Gasteiger partial charge in [-0.1, -0.05) is 0 Å². The Morgan fingerprint density at radius 3 is 2.12 bits per heavy atom. The monoisotopic (exact) mass is 337 g/mol. The molecule has 0 saturated carbocycles. The summed E-state index contributed by atoms with van der Waals surface area (Å²) in [6, 6.07) is 3.44. The predicted octanol–water partition coefficient (Wildman–Crippen LogP) is 1.75. The average Bonchev–Trinajstić information content (AvgIpc) is 2.58. The summed E-state index contributed by atoms with van der Waals surface area (Å²) in [4.78, 5) is 24.7. The lowest BCUT2D eigenvalue weighted by Crippen LogP contribution is -2.31. The van der Waals surface area contributed by atoms with Crippen LogP contribution in [-0.4, -0.2) is 58.3 Å². The Labute approximate surface area is 141 Å². The minimum atomic E-state index is -0.450. The normalized spacial score (nSPS) is 10.4. The van der Waals surface area contributed by atoms with Crippen molar-refractivity contribution in [1.82, 2.24) is 4.90 Å². The molecule has 0 heterocycles. The topological polar surface area (TPSA) is 74.3 Å². The first-order chi connectivity index (χ1) is 11.5. The van der Waals surface area contributed by atoms with Gasteiger partial charge < -0.3 is 23.8 Å². The molecular formula is C17H23NO6. The molecule has 24 heavy (non-hydrogen) atoms. The van der Waals surface area contributed by atoms with Gasteiger partial charge >= 0.3 is 5.97 Å². The molecule has 132 valence electrons. The van der Waals surface area contributed by atoms with E-state index >= 15 is 0 Å².